The van der Waals surface area contributed by atoms with Crippen molar-refractivity contribution in [3.05, 3.63) is 0 Å². The standard InChI is InChI=1S/C36H70O5/c1-3-5-7-9-11-13-15-16-17-18-19-21-23-25-27-29-31-36(39)41-33-34(37)32-40-35(38)30-28-26-24-22-20-14-12-10-8-6-4-2/h34,37H,3-33H2,1-2H3/t34-/m0/s1. The molecule has 0 aromatic rings. The average Bonchev–Trinajstić information content (AvgIpc) is 2.97. The summed E-state index contributed by atoms with van der Waals surface area (Å²) in [5.74, 6) is -0.554. The van der Waals surface area contributed by atoms with E-state index in [0.717, 1.165) is 25.7 Å². The van der Waals surface area contributed by atoms with Crippen LogP contribution in [0.1, 0.15) is 200 Å². The molecule has 1 atom stereocenters. The molecule has 1 N–H and O–H groups in total. The third kappa shape index (κ3) is 33.3. The van der Waals surface area contributed by atoms with Crippen LogP contribution >= 0.6 is 0 Å². The smallest absolute Gasteiger partial charge is 0.305 e. The number of aliphatic hydroxyl groups excluding tert-OH is 1. The zero-order valence-electron chi connectivity index (χ0n) is 27.6. The van der Waals surface area contributed by atoms with E-state index in [4.69, 9.17) is 9.47 Å². The number of ether oxygens (including phenoxy) is 2. The third-order valence-electron chi connectivity index (χ3n) is 8.09. The molecule has 0 aliphatic carbocycles. The predicted octanol–water partition coefficient (Wildman–Crippen LogP) is 10.8. The van der Waals surface area contributed by atoms with Gasteiger partial charge < -0.3 is 14.6 Å². The van der Waals surface area contributed by atoms with Gasteiger partial charge in [-0.15, -0.1) is 0 Å². The molecule has 0 amide bonds. The molecule has 5 nitrogen and oxygen atoms in total. The number of hydrogen-bond donors (Lipinski definition) is 1. The fraction of sp³-hybridized carbons (Fsp3) is 0.944. The molecule has 0 aromatic heterocycles. The van der Waals surface area contributed by atoms with Crippen molar-refractivity contribution in [3.63, 3.8) is 0 Å². The number of carbonyl (C=O) groups excluding carboxylic acids is 2. The van der Waals surface area contributed by atoms with Crippen molar-refractivity contribution in [1.29, 1.82) is 0 Å². The Balaban J connectivity index is 3.38. The number of unbranched alkanes of at least 4 members (excludes halogenated alkanes) is 25. The minimum atomic E-state index is -0.953. The molecular formula is C36H70O5. The van der Waals surface area contributed by atoms with Gasteiger partial charge in [-0.25, -0.2) is 0 Å². The molecule has 0 saturated carbocycles. The van der Waals surface area contributed by atoms with Gasteiger partial charge in [0, 0.05) is 12.8 Å². The lowest BCUT2D eigenvalue weighted by Gasteiger charge is -2.12. The molecular weight excluding hydrogens is 512 g/mol. The van der Waals surface area contributed by atoms with Crippen molar-refractivity contribution in [2.75, 3.05) is 13.2 Å². The molecule has 244 valence electrons. The van der Waals surface area contributed by atoms with Crippen LogP contribution in [-0.2, 0) is 19.1 Å². The van der Waals surface area contributed by atoms with Crippen molar-refractivity contribution in [2.45, 2.75) is 206 Å². The molecule has 0 radical (unpaired) electrons. The Morgan fingerprint density at radius 3 is 0.878 bits per heavy atom. The van der Waals surface area contributed by atoms with Gasteiger partial charge in [-0.1, -0.05) is 174 Å². The van der Waals surface area contributed by atoms with E-state index < -0.39 is 6.10 Å². The lowest BCUT2D eigenvalue weighted by molar-refractivity contribution is -0.152. The van der Waals surface area contributed by atoms with Crippen molar-refractivity contribution in [1.82, 2.24) is 0 Å². The first-order valence-corrected chi connectivity index (χ1v) is 18.1. The number of esters is 2. The van der Waals surface area contributed by atoms with Crippen LogP contribution < -0.4 is 0 Å². The SMILES string of the molecule is CCCCCCCCCCCCCCCCCCC(=O)OC[C@@H](O)COC(=O)CCCCCCCCCCCCC. The summed E-state index contributed by atoms with van der Waals surface area (Å²) < 4.78 is 10.3. The van der Waals surface area contributed by atoms with Crippen LogP contribution in [0.4, 0.5) is 0 Å². The fourth-order valence-corrected chi connectivity index (χ4v) is 5.32. The van der Waals surface area contributed by atoms with Crippen molar-refractivity contribution in [2.24, 2.45) is 0 Å². The predicted molar refractivity (Wildman–Crippen MR) is 173 cm³/mol. The van der Waals surface area contributed by atoms with Gasteiger partial charge in [0.15, 0.2) is 0 Å². The number of rotatable bonds is 33. The van der Waals surface area contributed by atoms with Crippen molar-refractivity contribution >= 4 is 11.9 Å². The molecule has 0 bridgehead atoms. The molecule has 0 saturated heterocycles. The maximum Gasteiger partial charge on any atom is 0.305 e. The molecule has 5 heteroatoms. The molecule has 0 aliphatic heterocycles. The van der Waals surface area contributed by atoms with Gasteiger partial charge in [0.25, 0.3) is 0 Å². The van der Waals surface area contributed by atoms with Gasteiger partial charge >= 0.3 is 11.9 Å². The minimum absolute atomic E-state index is 0.108. The molecule has 41 heavy (non-hydrogen) atoms. The molecule has 0 rings (SSSR count). The lowest BCUT2D eigenvalue weighted by Crippen LogP contribution is -2.25. The summed E-state index contributed by atoms with van der Waals surface area (Å²) >= 11 is 0. The molecule has 0 fully saturated rings. The zero-order chi connectivity index (χ0) is 30.1. The summed E-state index contributed by atoms with van der Waals surface area (Å²) in [6, 6.07) is 0. The Labute approximate surface area is 255 Å². The maximum absolute atomic E-state index is 11.9. The largest absolute Gasteiger partial charge is 0.463 e. The van der Waals surface area contributed by atoms with Gasteiger partial charge in [0.2, 0.25) is 0 Å². The second kappa shape index (κ2) is 33.4. The third-order valence-corrected chi connectivity index (χ3v) is 8.09. The monoisotopic (exact) mass is 583 g/mol. The highest BCUT2D eigenvalue weighted by atomic mass is 16.6. The molecule has 0 aliphatic rings. The Morgan fingerprint density at radius 2 is 0.634 bits per heavy atom. The second-order valence-electron chi connectivity index (χ2n) is 12.4. The van der Waals surface area contributed by atoms with E-state index in [1.165, 1.54) is 148 Å². The number of carbonyl (C=O) groups is 2. The normalized spacial score (nSPS) is 12.0. The Kier molecular flexibility index (Phi) is 32.5. The van der Waals surface area contributed by atoms with Crippen LogP contribution in [-0.4, -0.2) is 36.4 Å². The Hall–Kier alpha value is -1.10. The minimum Gasteiger partial charge on any atom is -0.463 e. The van der Waals surface area contributed by atoms with E-state index >= 15 is 0 Å². The fourth-order valence-electron chi connectivity index (χ4n) is 5.32. The van der Waals surface area contributed by atoms with Crippen LogP contribution in [0, 0.1) is 0 Å². The summed E-state index contributed by atoms with van der Waals surface area (Å²) in [5, 5.41) is 9.97. The van der Waals surface area contributed by atoms with Crippen LogP contribution in [0.5, 0.6) is 0 Å². The van der Waals surface area contributed by atoms with Crippen LogP contribution in [0.2, 0.25) is 0 Å². The van der Waals surface area contributed by atoms with Crippen molar-refractivity contribution in [3.8, 4) is 0 Å². The quantitative estimate of drug-likeness (QED) is 0.0615. The first-order valence-electron chi connectivity index (χ1n) is 18.1. The van der Waals surface area contributed by atoms with Gasteiger partial charge in [-0.2, -0.15) is 0 Å². The van der Waals surface area contributed by atoms with E-state index in [1.54, 1.807) is 0 Å². The highest BCUT2D eigenvalue weighted by molar-refractivity contribution is 5.69. The second-order valence-corrected chi connectivity index (χ2v) is 12.4. The lowest BCUT2D eigenvalue weighted by atomic mass is 10.0. The average molecular weight is 583 g/mol. The summed E-state index contributed by atoms with van der Waals surface area (Å²) in [5.41, 5.74) is 0. The van der Waals surface area contributed by atoms with Gasteiger partial charge in [-0.3, -0.25) is 9.59 Å². The zero-order valence-corrected chi connectivity index (χ0v) is 27.6. The Bertz CT molecular complexity index is 550. The highest BCUT2D eigenvalue weighted by Crippen LogP contribution is 2.15. The molecule has 0 heterocycles. The summed E-state index contributed by atoms with van der Waals surface area (Å²) in [6.45, 7) is 4.31. The maximum atomic E-state index is 11.9. The first-order chi connectivity index (χ1) is 20.1. The first kappa shape index (κ1) is 39.9. The van der Waals surface area contributed by atoms with E-state index in [-0.39, 0.29) is 25.2 Å². The number of hydrogen-bond acceptors (Lipinski definition) is 5. The van der Waals surface area contributed by atoms with Crippen molar-refractivity contribution < 1.29 is 24.2 Å². The van der Waals surface area contributed by atoms with E-state index in [2.05, 4.69) is 13.8 Å². The Morgan fingerprint density at radius 1 is 0.415 bits per heavy atom. The molecule has 0 unspecified atom stereocenters. The molecule has 0 aromatic carbocycles. The molecule has 0 spiro atoms. The highest BCUT2D eigenvalue weighted by Gasteiger charge is 2.12. The van der Waals surface area contributed by atoms with E-state index in [0.29, 0.717) is 12.8 Å². The van der Waals surface area contributed by atoms with Gasteiger partial charge in [-0.05, 0) is 12.8 Å². The van der Waals surface area contributed by atoms with Gasteiger partial charge in [0.1, 0.15) is 19.3 Å². The van der Waals surface area contributed by atoms with Crippen LogP contribution in [0.3, 0.4) is 0 Å². The van der Waals surface area contributed by atoms with Crippen LogP contribution in [0.15, 0.2) is 0 Å². The summed E-state index contributed by atoms with van der Waals surface area (Å²) in [6.07, 6.45) is 34.4. The summed E-state index contributed by atoms with van der Waals surface area (Å²) in [7, 11) is 0. The number of aliphatic hydroxyl groups is 1. The van der Waals surface area contributed by atoms with Gasteiger partial charge in [0.05, 0.1) is 0 Å². The van der Waals surface area contributed by atoms with Crippen LogP contribution in [0.25, 0.3) is 0 Å². The van der Waals surface area contributed by atoms with E-state index in [9.17, 15) is 14.7 Å². The summed E-state index contributed by atoms with van der Waals surface area (Å²) in [4.78, 5) is 23.8. The topological polar surface area (TPSA) is 72.8 Å². The van der Waals surface area contributed by atoms with E-state index in [1.807, 2.05) is 0 Å².